The highest BCUT2D eigenvalue weighted by atomic mass is 79.9. The molecule has 0 radical (unpaired) electrons. The van der Waals surface area contributed by atoms with Crippen molar-refractivity contribution in [1.82, 2.24) is 15.2 Å². The number of nitro benzene ring substituents is 1. The molecule has 3 aromatic carbocycles. The van der Waals surface area contributed by atoms with Crippen LogP contribution in [0.25, 0.3) is 10.9 Å². The molecule has 0 amide bonds. The van der Waals surface area contributed by atoms with E-state index in [2.05, 4.69) is 44.4 Å². The van der Waals surface area contributed by atoms with E-state index in [4.69, 9.17) is 32.9 Å². The van der Waals surface area contributed by atoms with Crippen LogP contribution in [0.5, 0.6) is 5.75 Å². The van der Waals surface area contributed by atoms with Crippen molar-refractivity contribution in [3.8, 4) is 5.75 Å². The normalized spacial score (nSPS) is 13.6. The van der Waals surface area contributed by atoms with Crippen molar-refractivity contribution in [3.05, 3.63) is 98.1 Å². The molecular formula is C31H35BrCl2N6O3. The first kappa shape index (κ1) is 32.4. The number of piperazine rings is 1. The molecule has 1 saturated heterocycles. The molecule has 0 spiro atoms. The molecular weight excluding hydrogens is 655 g/mol. The van der Waals surface area contributed by atoms with E-state index in [0.29, 0.717) is 35.4 Å². The van der Waals surface area contributed by atoms with E-state index in [9.17, 15) is 10.1 Å². The van der Waals surface area contributed by atoms with E-state index < -0.39 is 4.92 Å². The molecule has 4 aromatic rings. The van der Waals surface area contributed by atoms with Gasteiger partial charge in [-0.1, -0.05) is 41.4 Å². The summed E-state index contributed by atoms with van der Waals surface area (Å²) in [6.45, 7) is 6.50. The van der Waals surface area contributed by atoms with Crippen molar-refractivity contribution in [2.45, 2.75) is 19.8 Å². The molecule has 9 nitrogen and oxygen atoms in total. The van der Waals surface area contributed by atoms with E-state index in [-0.39, 0.29) is 22.7 Å². The van der Waals surface area contributed by atoms with Crippen LogP contribution < -0.4 is 15.0 Å². The Morgan fingerprint density at radius 2 is 1.86 bits per heavy atom. The summed E-state index contributed by atoms with van der Waals surface area (Å²) in [5, 5.41) is 17.5. The highest BCUT2D eigenvalue weighted by Gasteiger charge is 2.23. The summed E-state index contributed by atoms with van der Waals surface area (Å²) >= 11 is 12.5. The fraction of sp³-hybridized carbons (Fsp3) is 0.323. The molecule has 5 rings (SSSR count). The molecule has 0 saturated carbocycles. The van der Waals surface area contributed by atoms with Crippen molar-refractivity contribution in [1.29, 1.82) is 0 Å². The summed E-state index contributed by atoms with van der Waals surface area (Å²) < 4.78 is 5.56. The number of ether oxygens (including phenoxy) is 1. The molecule has 2 N–H and O–H groups in total. The minimum atomic E-state index is -0.408. The lowest BCUT2D eigenvalue weighted by Crippen LogP contribution is -2.53. The van der Waals surface area contributed by atoms with Crippen molar-refractivity contribution in [3.63, 3.8) is 0 Å². The van der Waals surface area contributed by atoms with Gasteiger partial charge in [-0.25, -0.2) is 0 Å². The average Bonchev–Trinajstić information content (AvgIpc) is 3.47. The van der Waals surface area contributed by atoms with Gasteiger partial charge in [-0.15, -0.1) is 17.0 Å². The first-order valence-corrected chi connectivity index (χ1v) is 14.9. The second-order valence-corrected chi connectivity index (χ2v) is 10.9. The minimum Gasteiger partial charge on any atom is -0.487 e. The highest BCUT2D eigenvalue weighted by molar-refractivity contribution is 8.93. The smallest absolute Gasteiger partial charge is 0.311 e. The quantitative estimate of drug-likeness (QED) is 0.0813. The maximum atomic E-state index is 11.4. The van der Waals surface area contributed by atoms with Crippen LogP contribution in [0.4, 0.5) is 11.4 Å². The zero-order valence-corrected chi connectivity index (χ0v) is 27.1. The Hall–Kier alpha value is -3.47. The van der Waals surface area contributed by atoms with Gasteiger partial charge in [-0.05, 0) is 61.2 Å². The molecule has 43 heavy (non-hydrogen) atoms. The highest BCUT2D eigenvalue weighted by Crippen LogP contribution is 2.32. The summed E-state index contributed by atoms with van der Waals surface area (Å²) in [5.74, 6) is 1.16. The third-order valence-electron chi connectivity index (χ3n) is 7.40. The number of halogens is 3. The van der Waals surface area contributed by atoms with E-state index in [1.54, 1.807) is 18.2 Å². The van der Waals surface area contributed by atoms with Gasteiger partial charge >= 0.3 is 5.69 Å². The van der Waals surface area contributed by atoms with Crippen LogP contribution in [0.15, 0.2) is 71.9 Å². The first-order chi connectivity index (χ1) is 20.4. The lowest BCUT2D eigenvalue weighted by molar-refractivity contribution is -0.385. The van der Waals surface area contributed by atoms with Gasteiger partial charge in [0.25, 0.3) is 0 Å². The number of aromatic amines is 1. The van der Waals surface area contributed by atoms with Crippen molar-refractivity contribution < 1.29 is 9.66 Å². The first-order valence-electron chi connectivity index (χ1n) is 14.1. The fourth-order valence-corrected chi connectivity index (χ4v) is 5.75. The number of fused-ring (bicyclic) bond motifs is 1. The minimum absolute atomic E-state index is 0. The fourth-order valence-electron chi connectivity index (χ4n) is 5.25. The van der Waals surface area contributed by atoms with Crippen LogP contribution in [0.3, 0.4) is 0 Å². The molecule has 0 atom stereocenters. The number of nitrogens with one attached hydrogen (secondary N) is 2. The van der Waals surface area contributed by atoms with Crippen LogP contribution in [-0.4, -0.2) is 66.6 Å². The summed E-state index contributed by atoms with van der Waals surface area (Å²) in [6.07, 6.45) is 3.53. The van der Waals surface area contributed by atoms with E-state index in [1.807, 2.05) is 25.3 Å². The molecule has 0 bridgehead atoms. The maximum Gasteiger partial charge on any atom is 0.311 e. The number of anilines is 1. The van der Waals surface area contributed by atoms with Crippen LogP contribution >= 0.6 is 40.2 Å². The number of guanidine groups is 1. The van der Waals surface area contributed by atoms with Gasteiger partial charge in [-0.2, -0.15) is 0 Å². The maximum absolute atomic E-state index is 11.4. The van der Waals surface area contributed by atoms with Gasteiger partial charge in [0.2, 0.25) is 0 Å². The largest absolute Gasteiger partial charge is 0.487 e. The zero-order chi connectivity index (χ0) is 29.5. The van der Waals surface area contributed by atoms with E-state index in [0.717, 1.165) is 61.9 Å². The number of H-pyrrole nitrogens is 1. The van der Waals surface area contributed by atoms with E-state index in [1.165, 1.54) is 17.0 Å². The molecule has 0 aliphatic carbocycles. The molecule has 2 heterocycles. The van der Waals surface area contributed by atoms with E-state index >= 15 is 0 Å². The summed E-state index contributed by atoms with van der Waals surface area (Å²) in [5.41, 5.74) is 4.32. The third-order valence-corrected chi connectivity index (χ3v) is 7.99. The number of hydrogen-bond donors (Lipinski definition) is 2. The standard InChI is InChI=1S/C31H34Cl2N6O3.BrH/c1-2-42-30-21-25(8-9-29(30)39(40)41)37-16-18-38(19-17-37)31(36-14-11-23-6-7-24(32)20-27(23)33)35-13-10-22-4-3-5-28-26(22)12-15-34-28;/h3-9,12,15,20-21,34H,2,10-11,13-14,16-19H2,1H3,(H,35,36);1H. The Morgan fingerprint density at radius 1 is 1.05 bits per heavy atom. The Bertz CT molecular complexity index is 1570. The van der Waals surface area contributed by atoms with Crippen molar-refractivity contribution >= 4 is 68.4 Å². The predicted octanol–water partition coefficient (Wildman–Crippen LogP) is 6.91. The second kappa shape index (κ2) is 15.3. The monoisotopic (exact) mass is 688 g/mol. The van der Waals surface area contributed by atoms with Gasteiger partial charge in [0.05, 0.1) is 11.5 Å². The van der Waals surface area contributed by atoms with Crippen LogP contribution in [0.2, 0.25) is 10.0 Å². The Balaban J connectivity index is 0.00000423. The Labute approximate surface area is 271 Å². The summed E-state index contributed by atoms with van der Waals surface area (Å²) in [4.78, 5) is 23.8. The predicted molar refractivity (Wildman–Crippen MR) is 181 cm³/mol. The number of rotatable bonds is 10. The average molecular weight is 690 g/mol. The molecule has 0 unspecified atom stereocenters. The van der Waals surface area contributed by atoms with Crippen molar-refractivity contribution in [2.75, 3.05) is 50.8 Å². The lowest BCUT2D eigenvalue weighted by atomic mass is 10.1. The van der Waals surface area contributed by atoms with Gasteiger partial charge in [0, 0.05) is 84.2 Å². The van der Waals surface area contributed by atoms with Crippen molar-refractivity contribution in [2.24, 2.45) is 4.99 Å². The Morgan fingerprint density at radius 3 is 2.60 bits per heavy atom. The van der Waals surface area contributed by atoms with Crippen LogP contribution in [0, 0.1) is 10.1 Å². The number of aromatic nitrogens is 1. The molecule has 1 aliphatic rings. The number of hydrogen-bond acceptors (Lipinski definition) is 5. The molecule has 1 aromatic heterocycles. The van der Waals surface area contributed by atoms with Gasteiger partial charge in [-0.3, -0.25) is 15.1 Å². The molecule has 1 aliphatic heterocycles. The third kappa shape index (κ3) is 8.13. The van der Waals surface area contributed by atoms with Gasteiger partial charge in [0.1, 0.15) is 0 Å². The number of benzene rings is 3. The number of nitro groups is 1. The molecule has 228 valence electrons. The van der Waals surface area contributed by atoms with Gasteiger partial charge in [0.15, 0.2) is 11.7 Å². The lowest BCUT2D eigenvalue weighted by Gasteiger charge is -2.38. The molecule has 1 fully saturated rings. The van der Waals surface area contributed by atoms with Crippen LogP contribution in [-0.2, 0) is 12.8 Å². The summed E-state index contributed by atoms with van der Waals surface area (Å²) in [7, 11) is 0. The Kier molecular flexibility index (Phi) is 11.6. The molecule has 12 heteroatoms. The number of aliphatic imine (C=N–C) groups is 1. The van der Waals surface area contributed by atoms with Gasteiger partial charge < -0.3 is 24.8 Å². The second-order valence-electron chi connectivity index (χ2n) is 10.0. The summed E-state index contributed by atoms with van der Waals surface area (Å²) in [6, 6.07) is 19.1. The SMILES string of the molecule is Br.CCOc1cc(N2CCN(C(=NCCc3ccc(Cl)cc3Cl)NCCc3cccc4[nH]ccc34)CC2)ccc1[N+](=O)[O-]. The zero-order valence-electron chi connectivity index (χ0n) is 23.9. The topological polar surface area (TPSA) is 99.0 Å². The number of nitrogens with zero attached hydrogens (tertiary/aromatic N) is 4. The van der Waals surface area contributed by atoms with Crippen LogP contribution in [0.1, 0.15) is 18.1 Å².